The largest absolute Gasteiger partial charge is 0.370 e. The first-order valence-electron chi connectivity index (χ1n) is 5.02. The van der Waals surface area contributed by atoms with Gasteiger partial charge in [-0.05, 0) is 37.1 Å². The third-order valence-electron chi connectivity index (χ3n) is 3.08. The van der Waals surface area contributed by atoms with E-state index in [1.165, 1.54) is 11.3 Å². The first-order chi connectivity index (χ1) is 7.19. The predicted octanol–water partition coefficient (Wildman–Crippen LogP) is 3.54. The summed E-state index contributed by atoms with van der Waals surface area (Å²) in [5.74, 6) is 0.0498. The van der Waals surface area contributed by atoms with Gasteiger partial charge in [-0.2, -0.15) is 0 Å². The van der Waals surface area contributed by atoms with Crippen LogP contribution >= 0.6 is 22.9 Å². The summed E-state index contributed by atoms with van der Waals surface area (Å²) in [5, 5.41) is 1.84. The zero-order valence-corrected chi connectivity index (χ0v) is 10.2. The number of hydrogen-bond donors (Lipinski definition) is 0. The summed E-state index contributed by atoms with van der Waals surface area (Å²) >= 11 is 7.36. The number of thiophene rings is 1. The van der Waals surface area contributed by atoms with Gasteiger partial charge in [-0.25, -0.2) is 0 Å². The van der Waals surface area contributed by atoms with Gasteiger partial charge in [-0.15, -0.1) is 11.3 Å². The van der Waals surface area contributed by atoms with Crippen LogP contribution in [0.4, 0.5) is 0 Å². The molecule has 0 amide bonds. The number of Topliss-reactive ketones (excluding diaryl/α,β-unsaturated/α-hetero) is 1. The molecule has 0 atom stereocenters. The van der Waals surface area contributed by atoms with E-state index in [2.05, 4.69) is 0 Å². The fraction of sp³-hybridized carbons (Fsp3) is 0.545. The molecule has 2 nitrogen and oxygen atoms in total. The Kier molecular flexibility index (Phi) is 3.14. The minimum atomic E-state index is -0.606. The van der Waals surface area contributed by atoms with Gasteiger partial charge in [0.2, 0.25) is 0 Å². The van der Waals surface area contributed by atoms with Gasteiger partial charge in [0.15, 0.2) is 5.78 Å². The Labute approximate surface area is 98.2 Å². The smallest absolute Gasteiger partial charge is 0.196 e. The van der Waals surface area contributed by atoms with Crippen LogP contribution in [0.15, 0.2) is 11.4 Å². The number of carbonyl (C=O) groups excluding carboxylic acids is 1. The lowest BCUT2D eigenvalue weighted by molar-refractivity contribution is 0.00607. The van der Waals surface area contributed by atoms with Gasteiger partial charge in [0, 0.05) is 7.11 Å². The van der Waals surface area contributed by atoms with Crippen LogP contribution in [0.3, 0.4) is 0 Å². The predicted molar refractivity (Wildman–Crippen MR) is 61.9 cm³/mol. The second-order valence-electron chi connectivity index (χ2n) is 3.84. The highest BCUT2D eigenvalue weighted by molar-refractivity contribution is 7.14. The van der Waals surface area contributed by atoms with Crippen molar-refractivity contribution in [2.24, 2.45) is 0 Å². The van der Waals surface area contributed by atoms with Gasteiger partial charge in [0.25, 0.3) is 0 Å². The molecule has 1 aromatic heterocycles. The van der Waals surface area contributed by atoms with Crippen molar-refractivity contribution < 1.29 is 9.53 Å². The molecule has 0 aromatic carbocycles. The molecule has 0 unspecified atom stereocenters. The molecule has 0 saturated heterocycles. The lowest BCUT2D eigenvalue weighted by Crippen LogP contribution is -2.37. The second kappa shape index (κ2) is 4.24. The van der Waals surface area contributed by atoms with Crippen LogP contribution in [0, 0.1) is 0 Å². The summed E-state index contributed by atoms with van der Waals surface area (Å²) in [6.07, 6.45) is 3.74. The Morgan fingerprint density at radius 1 is 1.53 bits per heavy atom. The zero-order chi connectivity index (χ0) is 10.9. The molecule has 1 heterocycles. The number of rotatable bonds is 3. The van der Waals surface area contributed by atoms with E-state index < -0.39 is 5.60 Å². The van der Waals surface area contributed by atoms with Crippen molar-refractivity contribution in [1.82, 2.24) is 0 Å². The highest BCUT2D eigenvalue weighted by atomic mass is 35.5. The maximum atomic E-state index is 12.3. The molecular weight excluding hydrogens is 232 g/mol. The lowest BCUT2D eigenvalue weighted by atomic mass is 9.92. The van der Waals surface area contributed by atoms with Crippen LogP contribution in [0.1, 0.15) is 36.0 Å². The summed E-state index contributed by atoms with van der Waals surface area (Å²) in [6, 6.07) is 1.79. The van der Waals surface area contributed by atoms with E-state index in [1.54, 1.807) is 13.2 Å². The van der Waals surface area contributed by atoms with Gasteiger partial charge < -0.3 is 4.74 Å². The molecule has 0 radical (unpaired) electrons. The van der Waals surface area contributed by atoms with E-state index in [1.807, 2.05) is 5.38 Å². The van der Waals surface area contributed by atoms with Crippen molar-refractivity contribution >= 4 is 28.7 Å². The highest BCUT2D eigenvalue weighted by Gasteiger charge is 2.42. The van der Waals surface area contributed by atoms with E-state index in [4.69, 9.17) is 16.3 Å². The Morgan fingerprint density at radius 3 is 2.67 bits per heavy atom. The van der Waals surface area contributed by atoms with Crippen molar-refractivity contribution in [2.45, 2.75) is 31.3 Å². The van der Waals surface area contributed by atoms with E-state index >= 15 is 0 Å². The molecular formula is C11H13ClO2S. The average molecular weight is 245 g/mol. The summed E-state index contributed by atoms with van der Waals surface area (Å²) in [7, 11) is 1.61. The highest BCUT2D eigenvalue weighted by Crippen LogP contribution is 2.38. The summed E-state index contributed by atoms with van der Waals surface area (Å²) in [6.45, 7) is 0. The maximum Gasteiger partial charge on any atom is 0.196 e. The van der Waals surface area contributed by atoms with E-state index in [0.717, 1.165) is 25.7 Å². The SMILES string of the molecule is COC1(C(=O)c2ccsc2Cl)CCCC1. The minimum absolute atomic E-state index is 0.0498. The monoisotopic (exact) mass is 244 g/mol. The third kappa shape index (κ3) is 1.84. The zero-order valence-electron chi connectivity index (χ0n) is 8.59. The van der Waals surface area contributed by atoms with Crippen molar-refractivity contribution in [1.29, 1.82) is 0 Å². The third-order valence-corrected chi connectivity index (χ3v) is 4.25. The van der Waals surface area contributed by atoms with Crippen LogP contribution in [0.25, 0.3) is 0 Å². The second-order valence-corrected chi connectivity index (χ2v) is 5.36. The van der Waals surface area contributed by atoms with E-state index in [9.17, 15) is 4.79 Å². The van der Waals surface area contributed by atoms with Gasteiger partial charge in [0.1, 0.15) is 9.94 Å². The number of halogens is 1. The molecule has 82 valence electrons. The van der Waals surface area contributed by atoms with Gasteiger partial charge >= 0.3 is 0 Å². The molecule has 2 rings (SSSR count). The molecule has 0 aliphatic heterocycles. The molecule has 0 bridgehead atoms. The van der Waals surface area contributed by atoms with Crippen molar-refractivity contribution in [3.63, 3.8) is 0 Å². The minimum Gasteiger partial charge on any atom is -0.370 e. The number of carbonyl (C=O) groups is 1. The fourth-order valence-corrected chi connectivity index (χ4v) is 3.09. The van der Waals surface area contributed by atoms with Gasteiger partial charge in [-0.1, -0.05) is 11.6 Å². The Bertz CT molecular complexity index is 366. The van der Waals surface area contributed by atoms with Crippen LogP contribution in [-0.4, -0.2) is 18.5 Å². The number of methoxy groups -OCH3 is 1. The standard InChI is InChI=1S/C11H13ClO2S/c1-14-11(5-2-3-6-11)9(13)8-4-7-15-10(8)12/h4,7H,2-3,5-6H2,1H3. The summed E-state index contributed by atoms with van der Waals surface area (Å²) in [4.78, 5) is 12.3. The molecule has 15 heavy (non-hydrogen) atoms. The van der Waals surface area contributed by atoms with Crippen LogP contribution in [0.5, 0.6) is 0 Å². The molecule has 4 heteroatoms. The van der Waals surface area contributed by atoms with Crippen LogP contribution < -0.4 is 0 Å². The Morgan fingerprint density at radius 2 is 2.20 bits per heavy atom. The van der Waals surface area contributed by atoms with Crippen LogP contribution in [0.2, 0.25) is 4.34 Å². The van der Waals surface area contributed by atoms with Crippen molar-refractivity contribution in [3.05, 3.63) is 21.3 Å². The number of ketones is 1. The number of ether oxygens (including phenoxy) is 1. The molecule has 1 aromatic rings. The number of hydrogen-bond acceptors (Lipinski definition) is 3. The molecule has 1 saturated carbocycles. The summed E-state index contributed by atoms with van der Waals surface area (Å²) in [5.41, 5.74) is 0.00969. The Hall–Kier alpha value is -0.380. The molecule has 0 N–H and O–H groups in total. The fourth-order valence-electron chi connectivity index (χ4n) is 2.17. The normalized spacial score (nSPS) is 19.3. The quantitative estimate of drug-likeness (QED) is 0.761. The lowest BCUT2D eigenvalue weighted by Gasteiger charge is -2.25. The molecule has 1 fully saturated rings. The van der Waals surface area contributed by atoms with E-state index in [-0.39, 0.29) is 5.78 Å². The first kappa shape index (κ1) is 11.1. The van der Waals surface area contributed by atoms with Crippen molar-refractivity contribution in [2.75, 3.05) is 7.11 Å². The topological polar surface area (TPSA) is 26.3 Å². The van der Waals surface area contributed by atoms with Crippen molar-refractivity contribution in [3.8, 4) is 0 Å². The molecule has 1 aliphatic carbocycles. The van der Waals surface area contributed by atoms with Crippen LogP contribution in [-0.2, 0) is 4.74 Å². The first-order valence-corrected chi connectivity index (χ1v) is 6.28. The van der Waals surface area contributed by atoms with E-state index in [0.29, 0.717) is 9.90 Å². The maximum absolute atomic E-state index is 12.3. The average Bonchev–Trinajstić information content (AvgIpc) is 2.86. The van der Waals surface area contributed by atoms with Gasteiger partial charge in [-0.3, -0.25) is 4.79 Å². The molecule has 0 spiro atoms. The Balaban J connectivity index is 2.30. The summed E-state index contributed by atoms with van der Waals surface area (Å²) < 4.78 is 6.01. The molecule has 1 aliphatic rings. The van der Waals surface area contributed by atoms with Gasteiger partial charge in [0.05, 0.1) is 5.56 Å².